The van der Waals surface area contributed by atoms with Gasteiger partial charge >= 0.3 is 0 Å². The molecule has 1 aromatic rings. The van der Waals surface area contributed by atoms with E-state index in [1.165, 1.54) is 4.90 Å². The number of phenolic OH excluding ortho intramolecular Hbond substituents is 1. The maximum absolute atomic E-state index is 12.4. The molecule has 0 aromatic heterocycles. The van der Waals surface area contributed by atoms with Crippen molar-refractivity contribution in [1.82, 2.24) is 10.2 Å². The maximum Gasteiger partial charge on any atom is 0.258 e. The van der Waals surface area contributed by atoms with E-state index < -0.39 is 0 Å². The van der Waals surface area contributed by atoms with E-state index in [9.17, 15) is 14.7 Å². The number of carbonyl (C=O) groups is 2. The molecule has 1 aromatic carbocycles. The molecule has 20 heavy (non-hydrogen) atoms. The fourth-order valence-electron chi connectivity index (χ4n) is 1.87. The van der Waals surface area contributed by atoms with Crippen molar-refractivity contribution in [2.24, 2.45) is 0 Å². The number of likely N-dealkylation sites (N-methyl/N-ethyl adjacent to an activating group) is 1. The van der Waals surface area contributed by atoms with Crippen LogP contribution in [0, 0.1) is 6.92 Å². The molecule has 0 saturated heterocycles. The molecule has 0 fully saturated rings. The molecule has 0 aliphatic heterocycles. The van der Waals surface area contributed by atoms with Gasteiger partial charge in [0, 0.05) is 12.6 Å². The molecule has 0 aliphatic rings. The molecule has 0 atom stereocenters. The lowest BCUT2D eigenvalue weighted by Crippen LogP contribution is -2.42. The molecule has 0 unspecified atom stereocenters. The summed E-state index contributed by atoms with van der Waals surface area (Å²) >= 11 is 0. The highest BCUT2D eigenvalue weighted by molar-refractivity contribution is 5.99. The lowest BCUT2D eigenvalue weighted by Gasteiger charge is -2.22. The average Bonchev–Trinajstić information content (AvgIpc) is 2.37. The number of aromatic hydroxyl groups is 1. The first-order chi connectivity index (χ1) is 9.36. The van der Waals surface area contributed by atoms with Crippen molar-refractivity contribution in [2.75, 3.05) is 13.1 Å². The zero-order valence-electron chi connectivity index (χ0n) is 12.4. The van der Waals surface area contributed by atoms with E-state index in [4.69, 9.17) is 0 Å². The van der Waals surface area contributed by atoms with Gasteiger partial charge in [0.1, 0.15) is 5.75 Å². The van der Waals surface area contributed by atoms with E-state index in [1.807, 2.05) is 13.8 Å². The third kappa shape index (κ3) is 3.98. The number of hydrogen-bond donors (Lipinski definition) is 2. The van der Waals surface area contributed by atoms with Gasteiger partial charge in [0.05, 0.1) is 12.1 Å². The summed E-state index contributed by atoms with van der Waals surface area (Å²) in [6, 6.07) is 5.04. The minimum Gasteiger partial charge on any atom is -0.507 e. The third-order valence-electron chi connectivity index (χ3n) is 2.92. The van der Waals surface area contributed by atoms with Crippen LogP contribution in [0.15, 0.2) is 18.2 Å². The second-order valence-electron chi connectivity index (χ2n) is 5.01. The number of carbonyl (C=O) groups excluding carboxylic acids is 2. The Hall–Kier alpha value is -2.04. The first-order valence-electron chi connectivity index (χ1n) is 6.74. The van der Waals surface area contributed by atoms with Crippen molar-refractivity contribution >= 4 is 11.8 Å². The van der Waals surface area contributed by atoms with Crippen LogP contribution in [0.1, 0.15) is 36.7 Å². The van der Waals surface area contributed by atoms with Crippen LogP contribution in [0.3, 0.4) is 0 Å². The molecule has 0 spiro atoms. The van der Waals surface area contributed by atoms with Crippen LogP contribution in [0.25, 0.3) is 0 Å². The van der Waals surface area contributed by atoms with Gasteiger partial charge in [-0.2, -0.15) is 0 Å². The van der Waals surface area contributed by atoms with Crippen LogP contribution < -0.4 is 5.32 Å². The number of para-hydroxylation sites is 1. The number of aryl methyl sites for hydroxylation is 1. The summed E-state index contributed by atoms with van der Waals surface area (Å²) in [5.74, 6) is -0.574. The lowest BCUT2D eigenvalue weighted by atomic mass is 10.1. The van der Waals surface area contributed by atoms with E-state index in [0.29, 0.717) is 12.1 Å². The van der Waals surface area contributed by atoms with Crippen LogP contribution in [0.4, 0.5) is 0 Å². The minimum absolute atomic E-state index is 0.0130. The second-order valence-corrected chi connectivity index (χ2v) is 5.01. The molecule has 0 saturated carbocycles. The predicted octanol–water partition coefficient (Wildman–Crippen LogP) is 1.69. The Labute approximate surface area is 119 Å². The normalized spacial score (nSPS) is 10.4. The number of phenols is 1. The summed E-state index contributed by atoms with van der Waals surface area (Å²) in [7, 11) is 0. The number of nitrogens with one attached hydrogen (secondary N) is 1. The van der Waals surface area contributed by atoms with E-state index in [2.05, 4.69) is 5.32 Å². The Balaban J connectivity index is 2.87. The number of amides is 2. The molecule has 5 nitrogen and oxygen atoms in total. The van der Waals surface area contributed by atoms with Crippen molar-refractivity contribution < 1.29 is 14.7 Å². The zero-order valence-corrected chi connectivity index (χ0v) is 12.4. The van der Waals surface area contributed by atoms with E-state index in [0.717, 1.165) is 0 Å². The highest BCUT2D eigenvalue weighted by Gasteiger charge is 2.20. The standard InChI is InChI=1S/C15H22N2O3/c1-5-17(9-13(18)16-10(2)3)15(20)12-8-6-7-11(4)14(12)19/h6-8,10,19H,5,9H2,1-4H3,(H,16,18). The van der Waals surface area contributed by atoms with Crippen LogP contribution in [0.5, 0.6) is 5.75 Å². The van der Waals surface area contributed by atoms with Crippen molar-refractivity contribution in [1.29, 1.82) is 0 Å². The third-order valence-corrected chi connectivity index (χ3v) is 2.92. The minimum atomic E-state index is -0.340. The smallest absolute Gasteiger partial charge is 0.258 e. The maximum atomic E-state index is 12.4. The van der Waals surface area contributed by atoms with Gasteiger partial charge in [0.2, 0.25) is 5.91 Å². The number of benzene rings is 1. The quantitative estimate of drug-likeness (QED) is 0.861. The van der Waals surface area contributed by atoms with Gasteiger partial charge in [0.15, 0.2) is 0 Å². The fraction of sp³-hybridized carbons (Fsp3) is 0.467. The van der Waals surface area contributed by atoms with Crippen molar-refractivity contribution in [2.45, 2.75) is 33.7 Å². The highest BCUT2D eigenvalue weighted by atomic mass is 16.3. The van der Waals surface area contributed by atoms with Crippen LogP contribution in [-0.2, 0) is 4.79 Å². The zero-order chi connectivity index (χ0) is 15.3. The monoisotopic (exact) mass is 278 g/mol. The topological polar surface area (TPSA) is 69.6 Å². The Morgan fingerprint density at radius 3 is 2.55 bits per heavy atom. The van der Waals surface area contributed by atoms with E-state index >= 15 is 0 Å². The first kappa shape index (κ1) is 16.0. The summed E-state index contributed by atoms with van der Waals surface area (Å²) in [6.07, 6.45) is 0. The molecule has 0 bridgehead atoms. The van der Waals surface area contributed by atoms with Gasteiger partial charge < -0.3 is 15.3 Å². The van der Waals surface area contributed by atoms with Crippen LogP contribution >= 0.6 is 0 Å². The molecule has 110 valence electrons. The van der Waals surface area contributed by atoms with Gasteiger partial charge in [-0.25, -0.2) is 0 Å². The second kappa shape index (κ2) is 6.93. The summed E-state index contributed by atoms with van der Waals surface area (Å²) in [6.45, 7) is 7.64. The molecular weight excluding hydrogens is 256 g/mol. The molecular formula is C15H22N2O3. The number of rotatable bonds is 5. The SMILES string of the molecule is CCN(CC(=O)NC(C)C)C(=O)c1cccc(C)c1O. The average molecular weight is 278 g/mol. The Morgan fingerprint density at radius 1 is 1.35 bits per heavy atom. The Bertz CT molecular complexity index is 498. The van der Waals surface area contributed by atoms with Crippen LogP contribution in [0.2, 0.25) is 0 Å². The summed E-state index contributed by atoms with van der Waals surface area (Å²) in [5.41, 5.74) is 0.864. The molecule has 0 radical (unpaired) electrons. The van der Waals surface area contributed by atoms with Crippen LogP contribution in [-0.4, -0.2) is 41.0 Å². The van der Waals surface area contributed by atoms with E-state index in [1.54, 1.807) is 32.0 Å². The summed E-state index contributed by atoms with van der Waals surface area (Å²) < 4.78 is 0. The van der Waals surface area contributed by atoms with Crippen molar-refractivity contribution in [3.8, 4) is 5.75 Å². The number of nitrogens with zero attached hydrogens (tertiary/aromatic N) is 1. The molecule has 2 N–H and O–H groups in total. The Kier molecular flexibility index (Phi) is 5.55. The van der Waals surface area contributed by atoms with Gasteiger partial charge in [-0.05, 0) is 39.3 Å². The Morgan fingerprint density at radius 2 is 2.00 bits per heavy atom. The predicted molar refractivity (Wildman–Crippen MR) is 77.7 cm³/mol. The molecule has 0 heterocycles. The first-order valence-corrected chi connectivity index (χ1v) is 6.74. The van der Waals surface area contributed by atoms with Crippen molar-refractivity contribution in [3.63, 3.8) is 0 Å². The molecule has 0 aliphatic carbocycles. The summed E-state index contributed by atoms with van der Waals surface area (Å²) in [5, 5.41) is 12.7. The van der Waals surface area contributed by atoms with Gasteiger partial charge in [0.25, 0.3) is 5.91 Å². The fourth-order valence-corrected chi connectivity index (χ4v) is 1.87. The van der Waals surface area contributed by atoms with E-state index in [-0.39, 0.29) is 35.7 Å². The lowest BCUT2D eigenvalue weighted by molar-refractivity contribution is -0.122. The molecule has 5 heteroatoms. The molecule has 2 amide bonds. The van der Waals surface area contributed by atoms with Crippen molar-refractivity contribution in [3.05, 3.63) is 29.3 Å². The molecule has 1 rings (SSSR count). The van der Waals surface area contributed by atoms with Gasteiger partial charge in [-0.1, -0.05) is 12.1 Å². The summed E-state index contributed by atoms with van der Waals surface area (Å²) in [4.78, 5) is 25.5. The largest absolute Gasteiger partial charge is 0.507 e. The number of hydrogen-bond acceptors (Lipinski definition) is 3. The van der Waals surface area contributed by atoms with Gasteiger partial charge in [-0.15, -0.1) is 0 Å². The highest BCUT2D eigenvalue weighted by Crippen LogP contribution is 2.22. The van der Waals surface area contributed by atoms with Gasteiger partial charge in [-0.3, -0.25) is 9.59 Å².